The van der Waals surface area contributed by atoms with Gasteiger partial charge in [-0.05, 0) is 44.5 Å². The fourth-order valence-electron chi connectivity index (χ4n) is 1.83. The van der Waals surface area contributed by atoms with Gasteiger partial charge in [0.2, 0.25) is 5.96 Å². The number of rotatable bonds is 4. The van der Waals surface area contributed by atoms with Crippen molar-refractivity contribution in [1.82, 2.24) is 0 Å². The molecule has 0 saturated heterocycles. The normalized spacial score (nSPS) is 11.2. The Kier molecular flexibility index (Phi) is 5.17. The molecule has 0 saturated carbocycles. The van der Waals surface area contributed by atoms with E-state index in [1.807, 2.05) is 19.1 Å². The van der Waals surface area contributed by atoms with Gasteiger partial charge in [0.15, 0.2) is 5.96 Å². The molecule has 0 unspecified atom stereocenters. The average Bonchev–Trinajstić information content (AvgIpc) is 2.33. The van der Waals surface area contributed by atoms with Crippen molar-refractivity contribution in [1.29, 1.82) is 0 Å². The summed E-state index contributed by atoms with van der Waals surface area (Å²) in [6.45, 7) is 8.17. The Hall–Kier alpha value is -2.24. The number of nitrogens with zero attached hydrogens (tertiary/aromatic N) is 3. The van der Waals surface area contributed by atoms with Gasteiger partial charge in [-0.25, -0.2) is 4.99 Å². The van der Waals surface area contributed by atoms with Crippen LogP contribution in [0.1, 0.15) is 19.4 Å². The maximum absolute atomic E-state index is 5.62. The molecule has 6 heteroatoms. The first-order chi connectivity index (χ1) is 8.97. The van der Waals surface area contributed by atoms with Crippen LogP contribution in [0.2, 0.25) is 0 Å². The minimum atomic E-state index is -0.0985. The summed E-state index contributed by atoms with van der Waals surface area (Å²) in [6.07, 6.45) is 0. The van der Waals surface area contributed by atoms with Crippen LogP contribution in [0.4, 0.5) is 11.4 Å². The zero-order valence-corrected chi connectivity index (χ0v) is 11.7. The van der Waals surface area contributed by atoms with E-state index in [2.05, 4.69) is 34.8 Å². The van der Waals surface area contributed by atoms with Gasteiger partial charge < -0.3 is 22.1 Å². The minimum Gasteiger partial charge on any atom is -0.372 e. The van der Waals surface area contributed by atoms with Gasteiger partial charge in [-0.2, -0.15) is 4.99 Å². The Morgan fingerprint density at radius 1 is 1.16 bits per heavy atom. The van der Waals surface area contributed by atoms with Crippen molar-refractivity contribution >= 4 is 23.3 Å². The Morgan fingerprint density at radius 3 is 2.26 bits per heavy atom. The van der Waals surface area contributed by atoms with E-state index in [4.69, 9.17) is 17.2 Å². The molecule has 0 aliphatic heterocycles. The molecule has 0 aliphatic rings. The van der Waals surface area contributed by atoms with Gasteiger partial charge in [-0.15, -0.1) is 0 Å². The van der Waals surface area contributed by atoms with Crippen LogP contribution in [0.3, 0.4) is 0 Å². The predicted molar refractivity (Wildman–Crippen MR) is 81.8 cm³/mol. The summed E-state index contributed by atoms with van der Waals surface area (Å²) < 4.78 is 0. The smallest absolute Gasteiger partial charge is 0.223 e. The van der Waals surface area contributed by atoms with Gasteiger partial charge in [0.25, 0.3) is 0 Å². The lowest BCUT2D eigenvalue weighted by Crippen LogP contribution is -2.26. The third kappa shape index (κ3) is 4.17. The maximum Gasteiger partial charge on any atom is 0.223 e. The van der Waals surface area contributed by atoms with Crippen molar-refractivity contribution in [2.75, 3.05) is 18.0 Å². The van der Waals surface area contributed by atoms with E-state index in [1.165, 1.54) is 5.69 Å². The van der Waals surface area contributed by atoms with Crippen molar-refractivity contribution in [3.05, 3.63) is 23.8 Å². The number of benzene rings is 1. The fraction of sp³-hybridized carbons (Fsp3) is 0.385. The van der Waals surface area contributed by atoms with Crippen LogP contribution in [-0.2, 0) is 0 Å². The molecule has 6 nitrogen and oxygen atoms in total. The van der Waals surface area contributed by atoms with E-state index in [0.29, 0.717) is 0 Å². The van der Waals surface area contributed by atoms with Gasteiger partial charge in [0.05, 0.1) is 5.69 Å². The minimum absolute atomic E-state index is 0.0543. The summed E-state index contributed by atoms with van der Waals surface area (Å²) in [5.41, 5.74) is 19.1. The fourth-order valence-corrected chi connectivity index (χ4v) is 1.83. The lowest BCUT2D eigenvalue weighted by Gasteiger charge is -2.21. The molecule has 0 atom stereocenters. The number of hydrogen-bond donors (Lipinski definition) is 3. The molecule has 0 bridgehead atoms. The molecule has 0 fully saturated rings. The van der Waals surface area contributed by atoms with Crippen molar-refractivity contribution < 1.29 is 0 Å². The van der Waals surface area contributed by atoms with Crippen molar-refractivity contribution in [2.45, 2.75) is 20.8 Å². The van der Waals surface area contributed by atoms with Crippen molar-refractivity contribution in [3.8, 4) is 0 Å². The van der Waals surface area contributed by atoms with Gasteiger partial charge in [-0.1, -0.05) is 0 Å². The van der Waals surface area contributed by atoms with Gasteiger partial charge in [0, 0.05) is 18.8 Å². The number of nitrogens with two attached hydrogens (primary N) is 3. The Labute approximate surface area is 114 Å². The quantitative estimate of drug-likeness (QED) is 0.557. The molecule has 0 amide bonds. The molecule has 104 valence electrons. The first kappa shape index (κ1) is 14.8. The summed E-state index contributed by atoms with van der Waals surface area (Å²) in [5, 5.41) is 0. The summed E-state index contributed by atoms with van der Waals surface area (Å²) in [7, 11) is 0. The molecule has 6 N–H and O–H groups in total. The topological polar surface area (TPSA) is 106 Å². The first-order valence-electron chi connectivity index (χ1n) is 6.27. The molecule has 1 aromatic carbocycles. The number of aliphatic imine (C=N–C) groups is 2. The van der Waals surface area contributed by atoms with Gasteiger partial charge in [-0.3, -0.25) is 0 Å². The maximum atomic E-state index is 5.62. The van der Waals surface area contributed by atoms with E-state index < -0.39 is 0 Å². The largest absolute Gasteiger partial charge is 0.372 e. The number of aryl methyl sites for hydroxylation is 1. The monoisotopic (exact) mass is 262 g/mol. The van der Waals surface area contributed by atoms with E-state index in [0.717, 1.165) is 24.3 Å². The SMILES string of the molecule is CCN(CC)c1ccc(N=C(N)N=C(N)N)c(C)c1. The zero-order valence-electron chi connectivity index (χ0n) is 11.7. The summed E-state index contributed by atoms with van der Waals surface area (Å²) in [6, 6.07) is 6.01. The van der Waals surface area contributed by atoms with E-state index in [9.17, 15) is 0 Å². The van der Waals surface area contributed by atoms with Gasteiger partial charge in [0.1, 0.15) is 0 Å². The Bertz CT molecular complexity index is 484. The highest BCUT2D eigenvalue weighted by molar-refractivity contribution is 5.93. The van der Waals surface area contributed by atoms with E-state index >= 15 is 0 Å². The van der Waals surface area contributed by atoms with Gasteiger partial charge >= 0.3 is 0 Å². The van der Waals surface area contributed by atoms with Crippen LogP contribution in [0, 0.1) is 6.92 Å². The zero-order chi connectivity index (χ0) is 14.4. The summed E-state index contributed by atoms with van der Waals surface area (Å²) in [5.74, 6) is -0.0441. The van der Waals surface area contributed by atoms with Crippen LogP contribution in [0.25, 0.3) is 0 Å². The third-order valence-electron chi connectivity index (χ3n) is 2.79. The van der Waals surface area contributed by atoms with Crippen LogP contribution < -0.4 is 22.1 Å². The number of anilines is 1. The molecular weight excluding hydrogens is 240 g/mol. The molecule has 1 rings (SSSR count). The van der Waals surface area contributed by atoms with Crippen LogP contribution >= 0.6 is 0 Å². The molecule has 0 aromatic heterocycles. The van der Waals surface area contributed by atoms with E-state index in [-0.39, 0.29) is 11.9 Å². The lowest BCUT2D eigenvalue weighted by molar-refractivity contribution is 0.865. The molecule has 0 heterocycles. The Morgan fingerprint density at radius 2 is 1.79 bits per heavy atom. The number of guanidine groups is 2. The van der Waals surface area contributed by atoms with Crippen molar-refractivity contribution in [3.63, 3.8) is 0 Å². The highest BCUT2D eigenvalue weighted by atomic mass is 15.1. The third-order valence-corrected chi connectivity index (χ3v) is 2.79. The molecule has 0 radical (unpaired) electrons. The Balaban J connectivity index is 3.04. The van der Waals surface area contributed by atoms with Crippen LogP contribution in [0.5, 0.6) is 0 Å². The molecular formula is C13H22N6. The average molecular weight is 262 g/mol. The second-order valence-electron chi connectivity index (χ2n) is 4.15. The molecule has 0 spiro atoms. The number of hydrogen-bond acceptors (Lipinski definition) is 2. The second kappa shape index (κ2) is 6.63. The summed E-state index contributed by atoms with van der Waals surface area (Å²) in [4.78, 5) is 10.1. The molecule has 19 heavy (non-hydrogen) atoms. The predicted octanol–water partition coefficient (Wildman–Crippen LogP) is 1.06. The highest BCUT2D eigenvalue weighted by Gasteiger charge is 2.04. The van der Waals surface area contributed by atoms with Crippen LogP contribution in [-0.4, -0.2) is 25.0 Å². The highest BCUT2D eigenvalue weighted by Crippen LogP contribution is 2.24. The van der Waals surface area contributed by atoms with E-state index in [1.54, 1.807) is 0 Å². The lowest BCUT2D eigenvalue weighted by atomic mass is 10.1. The molecule has 0 aliphatic carbocycles. The summed E-state index contributed by atoms with van der Waals surface area (Å²) >= 11 is 0. The van der Waals surface area contributed by atoms with Crippen LogP contribution in [0.15, 0.2) is 28.2 Å². The second-order valence-corrected chi connectivity index (χ2v) is 4.15. The van der Waals surface area contributed by atoms with Crippen molar-refractivity contribution in [2.24, 2.45) is 27.2 Å². The first-order valence-corrected chi connectivity index (χ1v) is 6.27. The molecule has 1 aromatic rings. The standard InChI is InChI=1S/C13H22N6/c1-4-19(5-2)10-6-7-11(9(3)8-10)17-13(16)18-12(14)15/h6-8H,4-5H2,1-3H3,(H6,14,15,16,17,18).